The van der Waals surface area contributed by atoms with Crippen LogP contribution < -0.4 is 20.7 Å². The minimum atomic E-state index is -3.31. The quantitative estimate of drug-likeness (QED) is 0.717. The van der Waals surface area contributed by atoms with Gasteiger partial charge in [-0.3, -0.25) is 9.10 Å². The number of benzene rings is 2. The molecule has 4 N–H and O–H groups in total. The average molecular weight is 388 g/mol. The summed E-state index contributed by atoms with van der Waals surface area (Å²) in [5.74, 6) is -0.241. The minimum absolute atomic E-state index is 0.241. The molecule has 3 rings (SSSR count). The molecule has 1 aliphatic heterocycles. The standard InChI is InChI=1S/C18H20N4O4S/c1-27(25,26)22-9-8-13-10-14(4-7-16(13)22)17(23)20-11-12-2-5-15(6-3-12)21-18(19)24/h2-7,10H,8-9,11H2,1H3,(H,20,23)(H3,19,21,24). The van der Waals surface area contributed by atoms with Crippen molar-refractivity contribution in [1.29, 1.82) is 0 Å². The second-order valence-electron chi connectivity index (χ2n) is 6.30. The number of amides is 3. The number of nitrogens with one attached hydrogen (secondary N) is 2. The molecule has 9 heteroatoms. The third kappa shape index (κ3) is 4.37. The fourth-order valence-electron chi connectivity index (χ4n) is 2.99. The number of hydrogen-bond acceptors (Lipinski definition) is 4. The van der Waals surface area contributed by atoms with E-state index in [9.17, 15) is 18.0 Å². The summed E-state index contributed by atoms with van der Waals surface area (Å²) in [6, 6.07) is 11.3. The highest BCUT2D eigenvalue weighted by atomic mass is 32.2. The summed E-state index contributed by atoms with van der Waals surface area (Å²) in [5.41, 5.74) is 8.45. The maximum absolute atomic E-state index is 12.4. The first-order valence-electron chi connectivity index (χ1n) is 8.28. The second kappa shape index (κ2) is 7.28. The van der Waals surface area contributed by atoms with Gasteiger partial charge in [0.15, 0.2) is 0 Å². The summed E-state index contributed by atoms with van der Waals surface area (Å²) >= 11 is 0. The molecule has 0 spiro atoms. The number of nitrogens with zero attached hydrogens (tertiary/aromatic N) is 1. The number of hydrogen-bond donors (Lipinski definition) is 3. The number of carbonyl (C=O) groups is 2. The molecular weight excluding hydrogens is 368 g/mol. The van der Waals surface area contributed by atoms with E-state index in [2.05, 4.69) is 10.6 Å². The van der Waals surface area contributed by atoms with E-state index in [4.69, 9.17) is 5.73 Å². The molecule has 2 aromatic carbocycles. The smallest absolute Gasteiger partial charge is 0.316 e. The van der Waals surface area contributed by atoms with E-state index in [1.165, 1.54) is 10.6 Å². The Morgan fingerprint density at radius 2 is 1.85 bits per heavy atom. The molecule has 0 aromatic heterocycles. The van der Waals surface area contributed by atoms with Crippen LogP contribution in [0.4, 0.5) is 16.2 Å². The Morgan fingerprint density at radius 3 is 2.48 bits per heavy atom. The summed E-state index contributed by atoms with van der Waals surface area (Å²) in [6.07, 6.45) is 1.75. The van der Waals surface area contributed by atoms with Crippen LogP contribution in [0.15, 0.2) is 42.5 Å². The number of sulfonamides is 1. The van der Waals surface area contributed by atoms with Gasteiger partial charge in [0.2, 0.25) is 10.0 Å². The van der Waals surface area contributed by atoms with Crippen molar-refractivity contribution in [1.82, 2.24) is 5.32 Å². The molecule has 27 heavy (non-hydrogen) atoms. The van der Waals surface area contributed by atoms with Gasteiger partial charge in [0.1, 0.15) is 0 Å². The molecule has 8 nitrogen and oxygen atoms in total. The molecule has 1 aliphatic rings. The normalized spacial score (nSPS) is 13.1. The van der Waals surface area contributed by atoms with Crippen LogP contribution in [0.1, 0.15) is 21.5 Å². The topological polar surface area (TPSA) is 122 Å². The molecule has 0 radical (unpaired) electrons. The minimum Gasteiger partial charge on any atom is -0.351 e. The van der Waals surface area contributed by atoms with E-state index in [1.807, 2.05) is 0 Å². The Bertz CT molecular complexity index is 987. The number of rotatable bonds is 5. The van der Waals surface area contributed by atoms with Crippen LogP contribution in [0.5, 0.6) is 0 Å². The van der Waals surface area contributed by atoms with Crippen molar-refractivity contribution in [2.45, 2.75) is 13.0 Å². The summed E-state index contributed by atoms with van der Waals surface area (Å²) in [7, 11) is -3.31. The Labute approximate surface area is 157 Å². The molecule has 0 bridgehead atoms. The number of urea groups is 1. The fourth-order valence-corrected chi connectivity index (χ4v) is 3.95. The Morgan fingerprint density at radius 1 is 1.15 bits per heavy atom. The summed E-state index contributed by atoms with van der Waals surface area (Å²) < 4.78 is 24.9. The summed E-state index contributed by atoms with van der Waals surface area (Å²) in [6.45, 7) is 0.715. The van der Waals surface area contributed by atoms with Crippen molar-refractivity contribution < 1.29 is 18.0 Å². The maximum atomic E-state index is 12.4. The Hall–Kier alpha value is -3.07. The number of carbonyl (C=O) groups excluding carboxylic acids is 2. The van der Waals surface area contributed by atoms with E-state index in [0.717, 1.165) is 11.1 Å². The number of primary amides is 1. The van der Waals surface area contributed by atoms with E-state index >= 15 is 0 Å². The molecule has 3 amide bonds. The van der Waals surface area contributed by atoms with Gasteiger partial charge < -0.3 is 16.4 Å². The molecule has 0 aliphatic carbocycles. The van der Waals surface area contributed by atoms with Crippen molar-refractivity contribution in [2.75, 3.05) is 22.4 Å². The van der Waals surface area contributed by atoms with Gasteiger partial charge in [-0.2, -0.15) is 0 Å². The SMILES string of the molecule is CS(=O)(=O)N1CCc2cc(C(=O)NCc3ccc(NC(N)=O)cc3)ccc21. The monoisotopic (exact) mass is 388 g/mol. The van der Waals surface area contributed by atoms with Crippen molar-refractivity contribution in [2.24, 2.45) is 5.73 Å². The molecule has 0 atom stereocenters. The second-order valence-corrected chi connectivity index (χ2v) is 8.20. The molecule has 1 heterocycles. The molecule has 142 valence electrons. The lowest BCUT2D eigenvalue weighted by molar-refractivity contribution is 0.0951. The van der Waals surface area contributed by atoms with Crippen LogP contribution in [-0.4, -0.2) is 33.2 Å². The third-order valence-corrected chi connectivity index (χ3v) is 5.45. The zero-order valence-electron chi connectivity index (χ0n) is 14.7. The van der Waals surface area contributed by atoms with Crippen LogP contribution in [0, 0.1) is 0 Å². The van der Waals surface area contributed by atoms with Gasteiger partial charge in [0.25, 0.3) is 5.91 Å². The lowest BCUT2D eigenvalue weighted by Gasteiger charge is -2.16. The van der Waals surface area contributed by atoms with E-state index < -0.39 is 16.1 Å². The van der Waals surface area contributed by atoms with Crippen LogP contribution in [0.3, 0.4) is 0 Å². The largest absolute Gasteiger partial charge is 0.351 e. The third-order valence-electron chi connectivity index (χ3n) is 4.27. The zero-order chi connectivity index (χ0) is 19.6. The highest BCUT2D eigenvalue weighted by Crippen LogP contribution is 2.30. The average Bonchev–Trinajstić information content (AvgIpc) is 3.04. The lowest BCUT2D eigenvalue weighted by atomic mass is 10.1. The van der Waals surface area contributed by atoms with Gasteiger partial charge in [-0.1, -0.05) is 12.1 Å². The predicted octanol–water partition coefficient (Wildman–Crippen LogP) is 1.43. The van der Waals surface area contributed by atoms with Crippen molar-refractivity contribution in [3.63, 3.8) is 0 Å². The molecule has 2 aromatic rings. The van der Waals surface area contributed by atoms with E-state index in [-0.39, 0.29) is 5.91 Å². The molecular formula is C18H20N4O4S. The first-order chi connectivity index (χ1) is 12.7. The zero-order valence-corrected chi connectivity index (χ0v) is 15.5. The van der Waals surface area contributed by atoms with Gasteiger partial charge in [-0.15, -0.1) is 0 Å². The number of fused-ring (bicyclic) bond motifs is 1. The first kappa shape index (κ1) is 18.7. The summed E-state index contributed by atoms with van der Waals surface area (Å²) in [4.78, 5) is 23.2. The highest BCUT2D eigenvalue weighted by Gasteiger charge is 2.26. The van der Waals surface area contributed by atoms with Crippen molar-refractivity contribution in [3.05, 3.63) is 59.2 Å². The number of anilines is 2. The van der Waals surface area contributed by atoms with E-state index in [0.29, 0.717) is 36.4 Å². The molecule has 0 fully saturated rings. The van der Waals surface area contributed by atoms with E-state index in [1.54, 1.807) is 42.5 Å². The van der Waals surface area contributed by atoms with Crippen LogP contribution in [-0.2, 0) is 23.0 Å². The van der Waals surface area contributed by atoms with Gasteiger partial charge in [0.05, 0.1) is 11.9 Å². The molecule has 0 unspecified atom stereocenters. The maximum Gasteiger partial charge on any atom is 0.316 e. The first-order valence-corrected chi connectivity index (χ1v) is 10.1. The van der Waals surface area contributed by atoms with Gasteiger partial charge in [-0.05, 0) is 47.9 Å². The predicted molar refractivity (Wildman–Crippen MR) is 103 cm³/mol. The lowest BCUT2D eigenvalue weighted by Crippen LogP contribution is -2.27. The molecule has 0 saturated heterocycles. The van der Waals surface area contributed by atoms with Crippen molar-refractivity contribution in [3.8, 4) is 0 Å². The van der Waals surface area contributed by atoms with Gasteiger partial charge >= 0.3 is 6.03 Å². The van der Waals surface area contributed by atoms with Gasteiger partial charge in [0, 0.05) is 24.3 Å². The number of nitrogens with two attached hydrogens (primary N) is 1. The van der Waals surface area contributed by atoms with Crippen LogP contribution >= 0.6 is 0 Å². The van der Waals surface area contributed by atoms with Crippen LogP contribution in [0.25, 0.3) is 0 Å². The highest BCUT2D eigenvalue weighted by molar-refractivity contribution is 7.92. The summed E-state index contributed by atoms with van der Waals surface area (Å²) in [5, 5.41) is 5.29. The Balaban J connectivity index is 1.65. The Kier molecular flexibility index (Phi) is 5.04. The molecule has 0 saturated carbocycles. The fraction of sp³-hybridized carbons (Fsp3) is 0.222. The van der Waals surface area contributed by atoms with Gasteiger partial charge in [-0.25, -0.2) is 13.2 Å². The van der Waals surface area contributed by atoms with Crippen LogP contribution in [0.2, 0.25) is 0 Å². The van der Waals surface area contributed by atoms with Crippen molar-refractivity contribution >= 4 is 33.3 Å².